The van der Waals surface area contributed by atoms with Gasteiger partial charge in [0, 0.05) is 24.1 Å². The summed E-state index contributed by atoms with van der Waals surface area (Å²) < 4.78 is 41.1. The zero-order valence-corrected chi connectivity index (χ0v) is 23.0. The van der Waals surface area contributed by atoms with Gasteiger partial charge in [-0.3, -0.25) is 4.79 Å². The summed E-state index contributed by atoms with van der Waals surface area (Å²) in [6, 6.07) is 9.74. The fourth-order valence-corrected chi connectivity index (χ4v) is 6.14. The van der Waals surface area contributed by atoms with Gasteiger partial charge in [-0.05, 0) is 73.9 Å². The summed E-state index contributed by atoms with van der Waals surface area (Å²) in [5.41, 5.74) is 7.34. The highest BCUT2D eigenvalue weighted by Gasteiger charge is 2.46. The van der Waals surface area contributed by atoms with E-state index >= 15 is 0 Å². The minimum Gasteiger partial charge on any atom is -0.353 e. The monoisotopic (exact) mass is 555 g/mol. The molecule has 2 unspecified atom stereocenters. The van der Waals surface area contributed by atoms with Gasteiger partial charge in [-0.15, -0.1) is 0 Å². The first kappa shape index (κ1) is 28.6. The van der Waals surface area contributed by atoms with E-state index in [0.29, 0.717) is 12.4 Å². The number of hydrazine groups is 1. The Morgan fingerprint density at radius 2 is 1.50 bits per heavy atom. The van der Waals surface area contributed by atoms with E-state index in [1.165, 1.54) is 50.3 Å². The Labute approximate surface area is 234 Å². The van der Waals surface area contributed by atoms with Crippen LogP contribution in [0.3, 0.4) is 0 Å². The van der Waals surface area contributed by atoms with E-state index in [1.54, 1.807) is 12.1 Å². The predicted molar refractivity (Wildman–Crippen MR) is 150 cm³/mol. The normalized spacial score (nSPS) is 25.3. The number of benzene rings is 2. The predicted octanol–water partition coefficient (Wildman–Crippen LogP) is 6.41. The molecule has 9 heteroatoms. The fraction of sp³-hybridized carbons (Fsp3) is 0.548. The number of nitrogens with zero attached hydrogens (tertiary/aromatic N) is 1. The first-order valence-electron chi connectivity index (χ1n) is 14.8. The molecular formula is C31H40F3N5O. The van der Waals surface area contributed by atoms with E-state index in [2.05, 4.69) is 26.5 Å². The zero-order valence-electron chi connectivity index (χ0n) is 23.0. The van der Waals surface area contributed by atoms with Crippen LogP contribution in [0.5, 0.6) is 0 Å². The number of carbonyl (C=O) groups excluding carboxylic acids is 1. The maximum Gasteiger partial charge on any atom is 0.280 e. The molecule has 6 nitrogen and oxygen atoms in total. The highest BCUT2D eigenvalue weighted by Crippen LogP contribution is 2.38. The minimum atomic E-state index is -1.08. The average Bonchev–Trinajstić information content (AvgIpc) is 3.36. The standard InChI is InChI=1S/C31H40F3N5O/c32-24-16-13-21(14-17-24)28-20-31(39-38-28,23-9-6-4-2-1-3-5-7-10-23)37-30(35-25-11-8-12-25)36-29(40)22-15-18-26(33)27(34)19-22/h13-19,23,25,28,38-39H,1-12,20H2,(H2,35,36,37,40). The van der Waals surface area contributed by atoms with E-state index in [9.17, 15) is 18.0 Å². The molecule has 3 aliphatic rings. The maximum atomic E-state index is 13.9. The molecule has 0 aromatic heterocycles. The van der Waals surface area contributed by atoms with E-state index in [4.69, 9.17) is 0 Å². The van der Waals surface area contributed by atoms with Gasteiger partial charge in [-0.1, -0.05) is 57.1 Å². The molecule has 2 aromatic carbocycles. The molecule has 3 fully saturated rings. The third-order valence-corrected chi connectivity index (χ3v) is 8.74. The van der Waals surface area contributed by atoms with Crippen molar-refractivity contribution in [3.8, 4) is 0 Å². The SMILES string of the molecule is O=C(/N=C(/NC1CCC1)NC1(C2CCCCCCCCC2)CC(c2ccc(F)cc2)NN1)c1ccc(F)c(F)c1. The number of hydrogen-bond donors (Lipinski definition) is 4. The smallest absolute Gasteiger partial charge is 0.280 e. The Kier molecular flexibility index (Phi) is 9.42. The van der Waals surface area contributed by atoms with Crippen molar-refractivity contribution < 1.29 is 18.0 Å². The average molecular weight is 556 g/mol. The lowest BCUT2D eigenvalue weighted by Crippen LogP contribution is -2.65. The van der Waals surface area contributed by atoms with Crippen LogP contribution in [0.25, 0.3) is 0 Å². The van der Waals surface area contributed by atoms with Gasteiger partial charge in [0.25, 0.3) is 5.91 Å². The molecule has 5 rings (SSSR count). The van der Waals surface area contributed by atoms with Crippen LogP contribution >= 0.6 is 0 Å². The van der Waals surface area contributed by atoms with E-state index < -0.39 is 23.2 Å². The van der Waals surface area contributed by atoms with Crippen LogP contribution in [0, 0.1) is 23.4 Å². The molecule has 2 saturated carbocycles. The van der Waals surface area contributed by atoms with Crippen molar-refractivity contribution in [3.63, 3.8) is 0 Å². The van der Waals surface area contributed by atoms with Gasteiger partial charge < -0.3 is 10.6 Å². The Hall–Kier alpha value is -2.91. The van der Waals surface area contributed by atoms with Crippen LogP contribution in [-0.2, 0) is 0 Å². The molecule has 2 atom stereocenters. The highest BCUT2D eigenvalue weighted by atomic mass is 19.2. The second kappa shape index (κ2) is 13.2. The second-order valence-electron chi connectivity index (χ2n) is 11.6. The number of rotatable bonds is 5. The number of nitrogens with one attached hydrogen (secondary N) is 4. The minimum absolute atomic E-state index is 0.0111. The Balaban J connectivity index is 1.45. The van der Waals surface area contributed by atoms with Crippen molar-refractivity contribution in [1.29, 1.82) is 0 Å². The first-order valence-corrected chi connectivity index (χ1v) is 14.8. The molecule has 216 valence electrons. The molecule has 0 radical (unpaired) electrons. The molecule has 1 amide bonds. The van der Waals surface area contributed by atoms with Gasteiger partial charge >= 0.3 is 0 Å². The molecular weight excluding hydrogens is 515 g/mol. The Morgan fingerprint density at radius 1 is 0.825 bits per heavy atom. The van der Waals surface area contributed by atoms with Crippen molar-refractivity contribution in [2.45, 2.75) is 101 Å². The van der Waals surface area contributed by atoms with Gasteiger partial charge in [0.15, 0.2) is 11.6 Å². The first-order chi connectivity index (χ1) is 19.4. The molecule has 1 aliphatic heterocycles. The largest absolute Gasteiger partial charge is 0.353 e. The van der Waals surface area contributed by atoms with Crippen molar-refractivity contribution >= 4 is 11.9 Å². The fourth-order valence-electron chi connectivity index (χ4n) is 6.14. The molecule has 40 heavy (non-hydrogen) atoms. The van der Waals surface area contributed by atoms with Gasteiger partial charge in [-0.2, -0.15) is 4.99 Å². The van der Waals surface area contributed by atoms with Crippen LogP contribution in [0.2, 0.25) is 0 Å². The van der Waals surface area contributed by atoms with E-state index in [-0.39, 0.29) is 29.4 Å². The zero-order chi connectivity index (χ0) is 28.0. The molecule has 1 heterocycles. The maximum absolute atomic E-state index is 13.9. The van der Waals surface area contributed by atoms with E-state index in [0.717, 1.165) is 62.6 Å². The number of carbonyl (C=O) groups is 1. The summed E-state index contributed by atoms with van der Waals surface area (Å²) in [5.74, 6) is -2.42. The topological polar surface area (TPSA) is 77.5 Å². The summed E-state index contributed by atoms with van der Waals surface area (Å²) in [6.07, 6.45) is 14.1. The Bertz CT molecular complexity index is 1180. The van der Waals surface area contributed by atoms with Gasteiger partial charge in [0.05, 0.1) is 0 Å². The summed E-state index contributed by atoms with van der Waals surface area (Å²) in [6.45, 7) is 0. The number of guanidine groups is 1. The summed E-state index contributed by atoms with van der Waals surface area (Å²) in [7, 11) is 0. The number of hydrogen-bond acceptors (Lipinski definition) is 3. The number of amides is 1. The third-order valence-electron chi connectivity index (χ3n) is 8.74. The van der Waals surface area contributed by atoms with Crippen molar-refractivity contribution in [2.75, 3.05) is 0 Å². The van der Waals surface area contributed by atoms with Gasteiger partial charge in [0.2, 0.25) is 5.96 Å². The molecule has 2 aliphatic carbocycles. The van der Waals surface area contributed by atoms with Crippen LogP contribution < -0.4 is 21.5 Å². The number of aliphatic imine (C=N–C) groups is 1. The summed E-state index contributed by atoms with van der Waals surface area (Å²) >= 11 is 0. The van der Waals surface area contributed by atoms with E-state index in [1.807, 2.05) is 0 Å². The van der Waals surface area contributed by atoms with Crippen LogP contribution in [0.4, 0.5) is 13.2 Å². The van der Waals surface area contributed by atoms with Crippen molar-refractivity contribution in [1.82, 2.24) is 21.5 Å². The molecule has 0 bridgehead atoms. The van der Waals surface area contributed by atoms with Gasteiger partial charge in [-0.25, -0.2) is 24.0 Å². The molecule has 0 spiro atoms. The van der Waals surface area contributed by atoms with Crippen molar-refractivity contribution in [3.05, 3.63) is 71.0 Å². The molecule has 1 saturated heterocycles. The lowest BCUT2D eigenvalue weighted by molar-refractivity contribution is 0.0999. The third kappa shape index (κ3) is 7.04. The Morgan fingerprint density at radius 3 is 2.12 bits per heavy atom. The lowest BCUT2D eigenvalue weighted by atomic mass is 9.79. The van der Waals surface area contributed by atoms with Crippen molar-refractivity contribution in [2.24, 2.45) is 10.9 Å². The molecule has 4 N–H and O–H groups in total. The second-order valence-corrected chi connectivity index (χ2v) is 11.6. The van der Waals surface area contributed by atoms with Crippen LogP contribution in [0.15, 0.2) is 47.5 Å². The van der Waals surface area contributed by atoms with Crippen LogP contribution in [0.1, 0.15) is 105 Å². The van der Waals surface area contributed by atoms with Crippen LogP contribution in [-0.4, -0.2) is 23.6 Å². The summed E-state index contributed by atoms with van der Waals surface area (Å²) in [5, 5.41) is 7.04. The summed E-state index contributed by atoms with van der Waals surface area (Å²) in [4.78, 5) is 17.5. The quantitative estimate of drug-likeness (QED) is 0.253. The highest BCUT2D eigenvalue weighted by molar-refractivity contribution is 6.02. The molecule has 2 aromatic rings. The number of halogens is 3. The van der Waals surface area contributed by atoms with Gasteiger partial charge in [0.1, 0.15) is 11.5 Å². The lowest BCUT2D eigenvalue weighted by Gasteiger charge is -2.41.